The van der Waals surface area contributed by atoms with E-state index in [-0.39, 0.29) is 30.7 Å². The molecule has 48 heavy (non-hydrogen) atoms. The van der Waals surface area contributed by atoms with Crippen molar-refractivity contribution in [1.82, 2.24) is 19.9 Å². The average molecular weight is 671 g/mol. The number of hydrogen-bond acceptors (Lipinski definition) is 7. The van der Waals surface area contributed by atoms with E-state index < -0.39 is 23.5 Å². The summed E-state index contributed by atoms with van der Waals surface area (Å²) in [5.41, 5.74) is 1.44. The number of para-hydroxylation sites is 1. The lowest BCUT2D eigenvalue weighted by Crippen LogP contribution is -2.36. The van der Waals surface area contributed by atoms with Gasteiger partial charge in [0, 0.05) is 50.2 Å². The maximum Gasteiger partial charge on any atom is 0.416 e. The highest BCUT2D eigenvalue weighted by Crippen LogP contribution is 2.40. The van der Waals surface area contributed by atoms with Crippen LogP contribution in [0.4, 0.5) is 38.0 Å². The summed E-state index contributed by atoms with van der Waals surface area (Å²) >= 11 is 0. The molecule has 0 spiro atoms. The number of aryl methyl sites for hydroxylation is 1. The van der Waals surface area contributed by atoms with Gasteiger partial charge in [0.1, 0.15) is 0 Å². The lowest BCUT2D eigenvalue weighted by atomic mass is 10.0. The summed E-state index contributed by atoms with van der Waals surface area (Å²) in [5.74, 6) is 0.189. The first kappa shape index (κ1) is 32.6. The number of ether oxygens (including phenoxy) is 1. The van der Waals surface area contributed by atoms with Gasteiger partial charge in [-0.15, -0.1) is 0 Å². The normalized spacial score (nSPS) is 17.4. The highest BCUT2D eigenvalue weighted by molar-refractivity contribution is 5.82. The van der Waals surface area contributed by atoms with E-state index in [4.69, 9.17) is 9.72 Å². The molecular weight excluding hydrogens is 634 g/mol. The van der Waals surface area contributed by atoms with Gasteiger partial charge in [-0.3, -0.25) is 9.88 Å². The number of aromatic nitrogens is 3. The molecule has 2 aromatic carbocycles. The molecule has 13 heteroatoms. The van der Waals surface area contributed by atoms with Crippen molar-refractivity contribution in [2.24, 2.45) is 0 Å². The van der Waals surface area contributed by atoms with Gasteiger partial charge in [0.15, 0.2) is 0 Å². The number of halogens is 6. The molecule has 0 unspecified atom stereocenters. The van der Waals surface area contributed by atoms with Crippen molar-refractivity contribution in [3.8, 4) is 0 Å². The number of morpholine rings is 1. The Kier molecular flexibility index (Phi) is 8.69. The molecule has 7 nitrogen and oxygen atoms in total. The first-order valence-electron chi connectivity index (χ1n) is 16.2. The van der Waals surface area contributed by atoms with E-state index in [1.807, 2.05) is 31.2 Å². The van der Waals surface area contributed by atoms with E-state index in [2.05, 4.69) is 19.8 Å². The lowest BCUT2D eigenvalue weighted by molar-refractivity contribution is -0.143. The standard InChI is InChI=1S/C35H36F6N6O/c1-22-3-2-4-24-15-25(31(44-32(22)24)21-47(28-5-6-28)29-7-8-29)20-46(33-42-17-30(18-43-33)45-9-11-48-12-10-45)19-23-13-26(34(36,37)38)16-27(14-23)35(39,40)41/h2-4,13-18,28-29H,5-12,19-21H2,1H3. The molecule has 0 amide bonds. The summed E-state index contributed by atoms with van der Waals surface area (Å²) in [5, 5.41) is 0.903. The SMILES string of the molecule is Cc1cccc2cc(CN(Cc3cc(C(F)(F)F)cc(C(F)(F)F)c3)c3ncc(N4CCOCC4)cn3)c(CN(C3CC3)C3CC3)nc12. The fourth-order valence-corrected chi connectivity index (χ4v) is 6.44. The number of rotatable bonds is 10. The monoisotopic (exact) mass is 670 g/mol. The van der Waals surface area contributed by atoms with E-state index in [0.29, 0.717) is 44.9 Å². The largest absolute Gasteiger partial charge is 0.416 e. The molecule has 0 radical (unpaired) electrons. The van der Waals surface area contributed by atoms with E-state index in [9.17, 15) is 26.3 Å². The topological polar surface area (TPSA) is 57.6 Å². The Morgan fingerprint density at radius 1 is 0.812 bits per heavy atom. The second-order valence-corrected chi connectivity index (χ2v) is 13.0. The molecule has 2 aromatic heterocycles. The highest BCUT2D eigenvalue weighted by Gasteiger charge is 2.40. The quantitative estimate of drug-likeness (QED) is 0.162. The summed E-state index contributed by atoms with van der Waals surface area (Å²) in [4.78, 5) is 20.5. The Balaban J connectivity index is 1.29. The first-order valence-corrected chi connectivity index (χ1v) is 16.2. The molecule has 7 rings (SSSR count). The maximum atomic E-state index is 13.8. The fourth-order valence-electron chi connectivity index (χ4n) is 6.44. The third-order valence-corrected chi connectivity index (χ3v) is 9.25. The molecule has 1 saturated heterocycles. The van der Waals surface area contributed by atoms with Crippen LogP contribution in [0.15, 0.2) is 54.9 Å². The average Bonchev–Trinajstić information content (AvgIpc) is 3.99. The van der Waals surface area contributed by atoms with Gasteiger partial charge < -0.3 is 14.5 Å². The van der Waals surface area contributed by atoms with Crippen molar-refractivity contribution in [2.45, 2.75) is 76.7 Å². The highest BCUT2D eigenvalue weighted by atomic mass is 19.4. The zero-order chi connectivity index (χ0) is 33.6. The minimum absolute atomic E-state index is 0.129. The van der Waals surface area contributed by atoms with Gasteiger partial charge in [0.05, 0.1) is 53.6 Å². The van der Waals surface area contributed by atoms with Gasteiger partial charge in [-0.1, -0.05) is 18.2 Å². The van der Waals surface area contributed by atoms with Crippen molar-refractivity contribution in [1.29, 1.82) is 0 Å². The Labute approximate surface area is 274 Å². The van der Waals surface area contributed by atoms with E-state index in [1.54, 1.807) is 17.3 Å². The number of nitrogens with zero attached hydrogens (tertiary/aromatic N) is 6. The van der Waals surface area contributed by atoms with Crippen molar-refractivity contribution in [2.75, 3.05) is 36.1 Å². The molecule has 254 valence electrons. The summed E-state index contributed by atoms with van der Waals surface area (Å²) in [6.45, 7) is 4.87. The van der Waals surface area contributed by atoms with Crippen molar-refractivity contribution in [3.63, 3.8) is 0 Å². The van der Waals surface area contributed by atoms with Crippen LogP contribution in [-0.4, -0.2) is 58.2 Å². The molecule has 3 aliphatic rings. The first-order chi connectivity index (χ1) is 22.9. The van der Waals surface area contributed by atoms with Crippen LogP contribution in [0, 0.1) is 6.92 Å². The minimum atomic E-state index is -4.96. The molecule has 2 aliphatic carbocycles. The van der Waals surface area contributed by atoms with Crippen LogP contribution >= 0.6 is 0 Å². The molecule has 0 N–H and O–H groups in total. The number of hydrogen-bond donors (Lipinski definition) is 0. The molecule has 4 aromatic rings. The summed E-state index contributed by atoms with van der Waals surface area (Å²) in [7, 11) is 0. The summed E-state index contributed by atoms with van der Waals surface area (Å²) in [6.07, 6.45) is -2.12. The Bertz CT molecular complexity index is 1720. The van der Waals surface area contributed by atoms with E-state index in [0.717, 1.165) is 71.2 Å². The number of alkyl halides is 6. The van der Waals surface area contributed by atoms with Crippen LogP contribution in [0.3, 0.4) is 0 Å². The zero-order valence-electron chi connectivity index (χ0n) is 26.5. The Hall–Kier alpha value is -3.97. The third kappa shape index (κ3) is 7.36. The second-order valence-electron chi connectivity index (χ2n) is 13.0. The summed E-state index contributed by atoms with van der Waals surface area (Å²) in [6, 6.07) is 10.6. The van der Waals surface area contributed by atoms with Gasteiger partial charge in [-0.2, -0.15) is 26.3 Å². The molecule has 3 fully saturated rings. The van der Waals surface area contributed by atoms with Gasteiger partial charge in [-0.25, -0.2) is 9.97 Å². The van der Waals surface area contributed by atoms with Crippen molar-refractivity contribution < 1.29 is 31.1 Å². The zero-order valence-corrected chi connectivity index (χ0v) is 26.5. The van der Waals surface area contributed by atoms with Crippen LogP contribution in [0.5, 0.6) is 0 Å². The number of pyridine rings is 1. The molecular formula is C35H36F6N6O. The number of anilines is 2. The van der Waals surface area contributed by atoms with Gasteiger partial charge in [-0.05, 0) is 73.6 Å². The summed E-state index contributed by atoms with van der Waals surface area (Å²) < 4.78 is 88.4. The molecule has 3 heterocycles. The van der Waals surface area contributed by atoms with E-state index in [1.165, 1.54) is 0 Å². The van der Waals surface area contributed by atoms with Crippen molar-refractivity contribution >= 4 is 22.5 Å². The fraction of sp³-hybridized carbons (Fsp3) is 0.457. The van der Waals surface area contributed by atoms with Crippen molar-refractivity contribution in [3.05, 3.63) is 88.4 Å². The molecule has 1 aliphatic heterocycles. The number of fused-ring (bicyclic) bond motifs is 1. The van der Waals surface area contributed by atoms with Crippen LogP contribution in [-0.2, 0) is 36.7 Å². The molecule has 0 atom stereocenters. The Morgan fingerprint density at radius 2 is 1.44 bits per heavy atom. The third-order valence-electron chi connectivity index (χ3n) is 9.25. The second kappa shape index (κ2) is 12.8. The predicted octanol–water partition coefficient (Wildman–Crippen LogP) is 7.54. The molecule has 2 saturated carbocycles. The van der Waals surface area contributed by atoms with E-state index >= 15 is 0 Å². The van der Waals surface area contributed by atoms with Crippen LogP contribution in [0.25, 0.3) is 10.9 Å². The maximum absolute atomic E-state index is 13.8. The molecule has 0 bridgehead atoms. The van der Waals surface area contributed by atoms with Crippen LogP contribution in [0.2, 0.25) is 0 Å². The van der Waals surface area contributed by atoms with Gasteiger partial charge >= 0.3 is 12.4 Å². The van der Waals surface area contributed by atoms with Crippen LogP contribution < -0.4 is 9.80 Å². The Morgan fingerprint density at radius 3 is 2.02 bits per heavy atom. The number of benzene rings is 2. The predicted molar refractivity (Wildman–Crippen MR) is 169 cm³/mol. The van der Waals surface area contributed by atoms with Gasteiger partial charge in [0.25, 0.3) is 0 Å². The van der Waals surface area contributed by atoms with Gasteiger partial charge in [0.2, 0.25) is 5.95 Å². The lowest BCUT2D eigenvalue weighted by Gasteiger charge is -2.29. The smallest absolute Gasteiger partial charge is 0.378 e. The van der Waals surface area contributed by atoms with Crippen LogP contribution in [0.1, 0.15) is 59.2 Å². The minimum Gasteiger partial charge on any atom is -0.378 e.